The number of hydrogen-bond donors (Lipinski definition) is 1. The number of anilines is 1. The predicted molar refractivity (Wildman–Crippen MR) is 111 cm³/mol. The Bertz CT molecular complexity index is 1030. The van der Waals surface area contributed by atoms with Gasteiger partial charge in [0.1, 0.15) is 22.8 Å². The van der Waals surface area contributed by atoms with E-state index in [9.17, 15) is 14.4 Å². The molecule has 0 saturated carbocycles. The number of nitrogens with one attached hydrogen (secondary N) is 1. The van der Waals surface area contributed by atoms with Crippen LogP contribution in [0.3, 0.4) is 0 Å². The normalized spacial score (nSPS) is 15.3. The van der Waals surface area contributed by atoms with Crippen LogP contribution in [0.4, 0.5) is 10.5 Å². The van der Waals surface area contributed by atoms with Gasteiger partial charge in [0.25, 0.3) is 11.8 Å². The lowest BCUT2D eigenvalue weighted by molar-refractivity contribution is -0.122. The van der Waals surface area contributed by atoms with Gasteiger partial charge in [-0.1, -0.05) is 23.7 Å². The van der Waals surface area contributed by atoms with E-state index in [1.165, 1.54) is 32.4 Å². The lowest BCUT2D eigenvalue weighted by Gasteiger charge is -2.28. The highest BCUT2D eigenvalue weighted by molar-refractivity contribution is 6.39. The maximum atomic E-state index is 13.1. The predicted octanol–water partition coefficient (Wildman–Crippen LogP) is 3.42. The number of carbonyl (C=O) groups excluding carboxylic acids is 3. The van der Waals surface area contributed by atoms with Crippen LogP contribution in [0, 0.1) is 0 Å². The minimum Gasteiger partial charge on any atom is -0.495 e. The fraction of sp³-hybridized carbons (Fsp3) is 0.190. The van der Waals surface area contributed by atoms with Gasteiger partial charge in [0.05, 0.1) is 31.5 Å². The number of hydrogen-bond acceptors (Lipinski definition) is 6. The largest absolute Gasteiger partial charge is 0.495 e. The van der Waals surface area contributed by atoms with E-state index >= 15 is 0 Å². The molecule has 2 aromatic carbocycles. The Hall–Kier alpha value is -3.52. The van der Waals surface area contributed by atoms with Gasteiger partial charge in [0.2, 0.25) is 0 Å². The second kappa shape index (κ2) is 8.87. The maximum absolute atomic E-state index is 13.1. The molecule has 0 aromatic heterocycles. The number of carbonyl (C=O) groups is 3. The molecule has 4 amide bonds. The van der Waals surface area contributed by atoms with Gasteiger partial charge >= 0.3 is 6.03 Å². The van der Waals surface area contributed by atoms with Crippen molar-refractivity contribution in [3.8, 4) is 17.2 Å². The highest BCUT2D eigenvalue weighted by Gasteiger charge is 2.38. The smallest absolute Gasteiger partial charge is 0.336 e. The van der Waals surface area contributed by atoms with E-state index < -0.39 is 17.8 Å². The van der Waals surface area contributed by atoms with E-state index in [-0.39, 0.29) is 27.8 Å². The van der Waals surface area contributed by atoms with E-state index in [2.05, 4.69) is 5.32 Å². The van der Waals surface area contributed by atoms with Crippen molar-refractivity contribution in [3.05, 3.63) is 52.6 Å². The molecule has 1 aliphatic heterocycles. The van der Waals surface area contributed by atoms with Crippen molar-refractivity contribution in [3.63, 3.8) is 0 Å². The Balaban J connectivity index is 2.03. The number of methoxy groups -OCH3 is 2. The van der Waals surface area contributed by atoms with Crippen molar-refractivity contribution in [2.45, 2.75) is 6.92 Å². The number of nitrogens with zero attached hydrogens (tertiary/aromatic N) is 1. The van der Waals surface area contributed by atoms with E-state index in [1.54, 1.807) is 24.3 Å². The lowest BCUT2D eigenvalue weighted by Crippen LogP contribution is -2.54. The van der Waals surface area contributed by atoms with E-state index in [0.717, 1.165) is 4.90 Å². The topological polar surface area (TPSA) is 94.2 Å². The molecule has 8 nitrogen and oxygen atoms in total. The van der Waals surface area contributed by atoms with Crippen LogP contribution in [0.25, 0.3) is 6.08 Å². The Kier molecular flexibility index (Phi) is 6.27. The zero-order chi connectivity index (χ0) is 21.8. The first-order valence-corrected chi connectivity index (χ1v) is 9.33. The molecule has 9 heteroatoms. The van der Waals surface area contributed by atoms with Gasteiger partial charge in [0.15, 0.2) is 0 Å². The first-order chi connectivity index (χ1) is 14.4. The molecule has 0 aliphatic carbocycles. The SMILES string of the molecule is CCOc1ccc(/C=C2/C(=O)NC(=O)N(c3cc(OC)c(Cl)cc3OC)C2=O)cc1. The van der Waals surface area contributed by atoms with Crippen molar-refractivity contribution in [1.82, 2.24) is 5.32 Å². The highest BCUT2D eigenvalue weighted by Crippen LogP contribution is 2.39. The van der Waals surface area contributed by atoms with Crippen LogP contribution in [0.1, 0.15) is 12.5 Å². The average molecular weight is 431 g/mol. The molecule has 3 rings (SSSR count). The zero-order valence-corrected chi connectivity index (χ0v) is 17.3. The Morgan fingerprint density at radius 3 is 2.30 bits per heavy atom. The van der Waals surface area contributed by atoms with Crippen molar-refractivity contribution in [2.75, 3.05) is 25.7 Å². The summed E-state index contributed by atoms with van der Waals surface area (Å²) in [7, 11) is 2.77. The molecule has 30 heavy (non-hydrogen) atoms. The Labute approximate surface area is 178 Å². The summed E-state index contributed by atoms with van der Waals surface area (Å²) in [5.41, 5.74) is 0.466. The molecule has 1 N–H and O–H groups in total. The number of rotatable bonds is 6. The minimum atomic E-state index is -0.906. The fourth-order valence-electron chi connectivity index (χ4n) is 2.89. The van der Waals surface area contributed by atoms with Crippen molar-refractivity contribution in [2.24, 2.45) is 0 Å². The highest BCUT2D eigenvalue weighted by atomic mass is 35.5. The number of benzene rings is 2. The molecule has 1 aliphatic rings. The third-order valence-corrected chi connectivity index (χ3v) is 4.59. The third kappa shape index (κ3) is 4.08. The third-order valence-electron chi connectivity index (χ3n) is 4.30. The molecule has 0 spiro atoms. The zero-order valence-electron chi connectivity index (χ0n) is 16.5. The van der Waals surface area contributed by atoms with E-state index in [0.29, 0.717) is 17.9 Å². The molecule has 0 radical (unpaired) electrons. The van der Waals surface area contributed by atoms with Crippen LogP contribution >= 0.6 is 11.6 Å². The summed E-state index contributed by atoms with van der Waals surface area (Å²) < 4.78 is 15.8. The Morgan fingerprint density at radius 2 is 1.70 bits per heavy atom. The monoisotopic (exact) mass is 430 g/mol. The minimum absolute atomic E-state index is 0.0892. The van der Waals surface area contributed by atoms with Gasteiger partial charge in [-0.25, -0.2) is 9.69 Å². The number of imide groups is 2. The second-order valence-corrected chi connectivity index (χ2v) is 6.53. The number of urea groups is 1. The average Bonchev–Trinajstić information content (AvgIpc) is 2.73. The number of ether oxygens (including phenoxy) is 3. The molecule has 0 bridgehead atoms. The van der Waals surface area contributed by atoms with Gasteiger partial charge < -0.3 is 14.2 Å². The lowest BCUT2D eigenvalue weighted by atomic mass is 10.1. The number of amides is 4. The van der Waals surface area contributed by atoms with Crippen LogP contribution < -0.4 is 24.4 Å². The van der Waals surface area contributed by atoms with Gasteiger partial charge in [0, 0.05) is 12.1 Å². The summed E-state index contributed by atoms with van der Waals surface area (Å²) in [5.74, 6) is -0.537. The van der Waals surface area contributed by atoms with Gasteiger partial charge in [-0.15, -0.1) is 0 Å². The van der Waals surface area contributed by atoms with Crippen LogP contribution in [0.5, 0.6) is 17.2 Å². The van der Waals surface area contributed by atoms with Gasteiger partial charge in [-0.3, -0.25) is 14.9 Å². The van der Waals surface area contributed by atoms with Gasteiger partial charge in [-0.2, -0.15) is 0 Å². The summed E-state index contributed by atoms with van der Waals surface area (Å²) in [4.78, 5) is 38.7. The summed E-state index contributed by atoms with van der Waals surface area (Å²) in [5, 5.41) is 2.41. The maximum Gasteiger partial charge on any atom is 0.336 e. The summed E-state index contributed by atoms with van der Waals surface area (Å²) in [6, 6.07) is 8.74. The fourth-order valence-corrected chi connectivity index (χ4v) is 3.12. The molecule has 1 heterocycles. The van der Waals surface area contributed by atoms with Crippen molar-refractivity contribution < 1.29 is 28.6 Å². The van der Waals surface area contributed by atoms with Crippen LogP contribution in [-0.2, 0) is 9.59 Å². The standard InChI is InChI=1S/C21H19ClN2O6/c1-4-30-13-7-5-12(6-8-13)9-14-19(25)23-21(27)24(20(14)26)16-11-17(28-2)15(22)10-18(16)29-3/h5-11H,4H2,1-3H3,(H,23,25,27)/b14-9-. The summed E-state index contributed by atoms with van der Waals surface area (Å²) in [6.07, 6.45) is 1.40. The first kappa shape index (κ1) is 21.2. The number of barbiturate groups is 1. The molecular weight excluding hydrogens is 412 g/mol. The molecule has 0 unspecified atom stereocenters. The molecule has 1 saturated heterocycles. The molecular formula is C21H19ClN2O6. The molecule has 2 aromatic rings. The second-order valence-electron chi connectivity index (χ2n) is 6.12. The first-order valence-electron chi connectivity index (χ1n) is 8.95. The summed E-state index contributed by atoms with van der Waals surface area (Å²) >= 11 is 6.10. The van der Waals surface area contributed by atoms with Gasteiger partial charge in [-0.05, 0) is 30.7 Å². The molecule has 0 atom stereocenters. The molecule has 156 valence electrons. The Morgan fingerprint density at radius 1 is 1.03 bits per heavy atom. The quantitative estimate of drug-likeness (QED) is 0.557. The van der Waals surface area contributed by atoms with E-state index in [1.807, 2.05) is 6.92 Å². The number of halogens is 1. The summed E-state index contributed by atoms with van der Waals surface area (Å²) in [6.45, 7) is 2.39. The van der Waals surface area contributed by atoms with E-state index in [4.69, 9.17) is 25.8 Å². The van der Waals surface area contributed by atoms with Crippen molar-refractivity contribution in [1.29, 1.82) is 0 Å². The van der Waals surface area contributed by atoms with Crippen LogP contribution in [0.2, 0.25) is 5.02 Å². The van der Waals surface area contributed by atoms with Crippen LogP contribution in [-0.4, -0.2) is 38.7 Å². The van der Waals surface area contributed by atoms with Crippen molar-refractivity contribution >= 4 is 41.2 Å². The van der Waals surface area contributed by atoms with Crippen LogP contribution in [0.15, 0.2) is 42.0 Å². The molecule has 1 fully saturated rings.